The summed E-state index contributed by atoms with van der Waals surface area (Å²) in [5, 5.41) is 3.06. The minimum atomic E-state index is -0.0000350. The lowest BCUT2D eigenvalue weighted by molar-refractivity contribution is -0.136. The highest BCUT2D eigenvalue weighted by atomic mass is 16.2. The molecule has 0 radical (unpaired) electrons. The summed E-state index contributed by atoms with van der Waals surface area (Å²) in [6.07, 6.45) is 0. The van der Waals surface area contributed by atoms with Crippen LogP contribution in [0.5, 0.6) is 0 Å². The molecule has 2 atom stereocenters. The van der Waals surface area contributed by atoms with E-state index in [1.807, 2.05) is 44.1 Å². The standard InChI is InChI=1S/C16H26N2O/c1-12(2)15(14-9-7-6-8-10-14)18(5)16(19)13(3)11-17-4/h6-10,12-13,15,17H,11H2,1-5H3. The van der Waals surface area contributed by atoms with Crippen LogP contribution in [0.1, 0.15) is 32.4 Å². The number of carbonyl (C=O) groups is 1. The third-order valence-electron chi connectivity index (χ3n) is 3.47. The number of benzene rings is 1. The number of hydrogen-bond acceptors (Lipinski definition) is 2. The Morgan fingerprint density at radius 1 is 1.21 bits per heavy atom. The summed E-state index contributed by atoms with van der Waals surface area (Å²) in [7, 11) is 3.78. The molecule has 0 aromatic heterocycles. The molecule has 1 aromatic rings. The lowest BCUT2D eigenvalue weighted by Crippen LogP contribution is -2.40. The predicted octanol–water partition coefficient (Wildman–Crippen LogP) is 2.70. The van der Waals surface area contributed by atoms with E-state index in [4.69, 9.17) is 0 Å². The SMILES string of the molecule is CNCC(C)C(=O)N(C)C(c1ccccc1)C(C)C. The van der Waals surface area contributed by atoms with Crippen LogP contribution in [-0.4, -0.2) is 31.4 Å². The van der Waals surface area contributed by atoms with Crippen LogP contribution in [0.25, 0.3) is 0 Å². The maximum Gasteiger partial charge on any atom is 0.226 e. The van der Waals surface area contributed by atoms with Crippen LogP contribution in [0.15, 0.2) is 30.3 Å². The van der Waals surface area contributed by atoms with Gasteiger partial charge in [0, 0.05) is 19.5 Å². The fraction of sp³-hybridized carbons (Fsp3) is 0.562. The number of rotatable bonds is 6. The molecule has 1 aromatic carbocycles. The van der Waals surface area contributed by atoms with Crippen molar-refractivity contribution in [2.24, 2.45) is 11.8 Å². The zero-order chi connectivity index (χ0) is 14.4. The molecule has 1 amide bonds. The molecule has 0 heterocycles. The second-order valence-electron chi connectivity index (χ2n) is 5.51. The molecule has 0 aliphatic carbocycles. The number of hydrogen-bond donors (Lipinski definition) is 1. The summed E-state index contributed by atoms with van der Waals surface area (Å²) in [4.78, 5) is 14.3. The Morgan fingerprint density at radius 3 is 2.26 bits per heavy atom. The van der Waals surface area contributed by atoms with E-state index in [0.717, 1.165) is 0 Å². The first-order valence-corrected chi connectivity index (χ1v) is 6.95. The molecule has 19 heavy (non-hydrogen) atoms. The topological polar surface area (TPSA) is 32.3 Å². The average molecular weight is 262 g/mol. The molecule has 0 saturated heterocycles. The second-order valence-corrected chi connectivity index (χ2v) is 5.51. The molecule has 0 bridgehead atoms. The Kier molecular flexibility index (Phi) is 6.03. The van der Waals surface area contributed by atoms with Crippen molar-refractivity contribution in [3.63, 3.8) is 0 Å². The van der Waals surface area contributed by atoms with Crippen LogP contribution in [0.2, 0.25) is 0 Å². The number of carbonyl (C=O) groups excluding carboxylic acids is 1. The Hall–Kier alpha value is -1.35. The van der Waals surface area contributed by atoms with Crippen LogP contribution in [0.3, 0.4) is 0 Å². The largest absolute Gasteiger partial charge is 0.338 e. The Bertz CT molecular complexity index is 389. The van der Waals surface area contributed by atoms with E-state index in [9.17, 15) is 4.79 Å². The molecular weight excluding hydrogens is 236 g/mol. The van der Waals surface area contributed by atoms with E-state index in [-0.39, 0.29) is 17.9 Å². The van der Waals surface area contributed by atoms with Gasteiger partial charge in [0.05, 0.1) is 6.04 Å². The minimum Gasteiger partial charge on any atom is -0.338 e. The maximum absolute atomic E-state index is 12.4. The molecule has 3 nitrogen and oxygen atoms in total. The highest BCUT2D eigenvalue weighted by Gasteiger charge is 2.27. The summed E-state index contributed by atoms with van der Waals surface area (Å²) >= 11 is 0. The van der Waals surface area contributed by atoms with Gasteiger partial charge in [-0.1, -0.05) is 51.1 Å². The van der Waals surface area contributed by atoms with E-state index in [2.05, 4.69) is 31.3 Å². The number of nitrogens with one attached hydrogen (secondary N) is 1. The first kappa shape index (κ1) is 15.7. The van der Waals surface area contributed by atoms with E-state index >= 15 is 0 Å². The van der Waals surface area contributed by atoms with Crippen LogP contribution < -0.4 is 5.32 Å². The molecule has 0 spiro atoms. The van der Waals surface area contributed by atoms with Gasteiger partial charge in [0.2, 0.25) is 5.91 Å². The average Bonchev–Trinajstić information content (AvgIpc) is 2.39. The Labute approximate surface area is 117 Å². The van der Waals surface area contributed by atoms with Crippen molar-refractivity contribution in [3.8, 4) is 0 Å². The lowest BCUT2D eigenvalue weighted by atomic mass is 9.93. The number of amides is 1. The molecule has 1 N–H and O–H groups in total. The summed E-state index contributed by atoms with van der Waals surface area (Å²) in [6.45, 7) is 6.99. The van der Waals surface area contributed by atoms with E-state index in [1.54, 1.807) is 0 Å². The van der Waals surface area contributed by atoms with Crippen LogP contribution in [0.4, 0.5) is 0 Å². The highest BCUT2D eigenvalue weighted by molar-refractivity contribution is 5.79. The lowest BCUT2D eigenvalue weighted by Gasteiger charge is -2.33. The normalized spacial score (nSPS) is 14.2. The third kappa shape index (κ3) is 4.06. The molecule has 0 fully saturated rings. The molecule has 0 aliphatic heterocycles. The van der Waals surface area contributed by atoms with E-state index in [1.165, 1.54) is 5.56 Å². The molecule has 0 saturated carbocycles. The van der Waals surface area contributed by atoms with E-state index < -0.39 is 0 Å². The maximum atomic E-state index is 12.4. The summed E-state index contributed by atoms with van der Waals surface area (Å²) in [6, 6.07) is 10.4. The Morgan fingerprint density at radius 2 is 1.79 bits per heavy atom. The van der Waals surface area contributed by atoms with Crippen molar-refractivity contribution in [1.82, 2.24) is 10.2 Å². The van der Waals surface area contributed by atoms with Crippen molar-refractivity contribution in [2.45, 2.75) is 26.8 Å². The minimum absolute atomic E-state index is 0.0000350. The van der Waals surface area contributed by atoms with Gasteiger partial charge in [-0.25, -0.2) is 0 Å². The van der Waals surface area contributed by atoms with Gasteiger partial charge >= 0.3 is 0 Å². The van der Waals surface area contributed by atoms with Gasteiger partial charge < -0.3 is 10.2 Å². The van der Waals surface area contributed by atoms with Crippen molar-refractivity contribution in [1.29, 1.82) is 0 Å². The fourth-order valence-corrected chi connectivity index (χ4v) is 2.58. The van der Waals surface area contributed by atoms with Crippen molar-refractivity contribution < 1.29 is 4.79 Å². The first-order valence-electron chi connectivity index (χ1n) is 6.95. The monoisotopic (exact) mass is 262 g/mol. The van der Waals surface area contributed by atoms with Crippen molar-refractivity contribution in [3.05, 3.63) is 35.9 Å². The van der Waals surface area contributed by atoms with Crippen LogP contribution in [0, 0.1) is 11.8 Å². The quantitative estimate of drug-likeness (QED) is 0.855. The molecule has 2 unspecified atom stereocenters. The molecule has 0 aliphatic rings. The van der Waals surface area contributed by atoms with Crippen molar-refractivity contribution in [2.75, 3.05) is 20.6 Å². The molecule has 3 heteroatoms. The summed E-state index contributed by atoms with van der Waals surface area (Å²) < 4.78 is 0. The van der Waals surface area contributed by atoms with E-state index in [0.29, 0.717) is 12.5 Å². The van der Waals surface area contributed by atoms with Gasteiger partial charge in [-0.3, -0.25) is 4.79 Å². The van der Waals surface area contributed by atoms with Gasteiger partial charge in [0.1, 0.15) is 0 Å². The van der Waals surface area contributed by atoms with Crippen LogP contribution in [-0.2, 0) is 4.79 Å². The van der Waals surface area contributed by atoms with Gasteiger partial charge in [-0.2, -0.15) is 0 Å². The number of nitrogens with zero attached hydrogens (tertiary/aromatic N) is 1. The second kappa shape index (κ2) is 7.29. The molecular formula is C16H26N2O. The Balaban J connectivity index is 2.91. The fourth-order valence-electron chi connectivity index (χ4n) is 2.58. The summed E-state index contributed by atoms with van der Waals surface area (Å²) in [5.41, 5.74) is 1.20. The molecule has 1 rings (SSSR count). The molecule has 106 valence electrons. The van der Waals surface area contributed by atoms with Crippen molar-refractivity contribution >= 4 is 5.91 Å². The zero-order valence-electron chi connectivity index (χ0n) is 12.7. The van der Waals surface area contributed by atoms with Gasteiger partial charge in [-0.15, -0.1) is 0 Å². The summed E-state index contributed by atoms with van der Waals surface area (Å²) in [5.74, 6) is 0.579. The smallest absolute Gasteiger partial charge is 0.226 e. The van der Waals surface area contributed by atoms with Gasteiger partial charge in [-0.05, 0) is 18.5 Å². The zero-order valence-corrected chi connectivity index (χ0v) is 12.7. The first-order chi connectivity index (χ1) is 8.99. The van der Waals surface area contributed by atoms with Gasteiger partial charge in [0.25, 0.3) is 0 Å². The predicted molar refractivity (Wildman–Crippen MR) is 79.9 cm³/mol. The van der Waals surface area contributed by atoms with Crippen LogP contribution >= 0.6 is 0 Å². The highest BCUT2D eigenvalue weighted by Crippen LogP contribution is 2.28. The van der Waals surface area contributed by atoms with Gasteiger partial charge in [0.15, 0.2) is 0 Å². The third-order valence-corrected chi connectivity index (χ3v) is 3.47.